The summed E-state index contributed by atoms with van der Waals surface area (Å²) in [6.07, 6.45) is 0. The second kappa shape index (κ2) is 11.9. The Kier molecular flexibility index (Phi) is 6.56. The van der Waals surface area contributed by atoms with Gasteiger partial charge in [0.15, 0.2) is 17.5 Å². The molecule has 5 nitrogen and oxygen atoms in total. The number of hydrogen-bond donors (Lipinski definition) is 0. The van der Waals surface area contributed by atoms with Crippen LogP contribution in [0.3, 0.4) is 0 Å². The Balaban J connectivity index is 1.17. The van der Waals surface area contributed by atoms with Gasteiger partial charge in [0, 0.05) is 38.2 Å². The number of fused-ring (bicyclic) bond motifs is 11. The number of aromatic nitrogens is 3. The van der Waals surface area contributed by atoms with E-state index in [9.17, 15) is 0 Å². The maximum Gasteiger partial charge on any atom is 0.164 e. The molecule has 260 valence electrons. The Bertz CT molecular complexity index is 3550. The Labute approximate surface area is 320 Å². The highest BCUT2D eigenvalue weighted by Crippen LogP contribution is 2.42. The standard InChI is InChI=1S/C51H29N3O2/c1-2-12-30(13-3-1)32-25-27-38-46(28-32)56-45-23-11-20-40(48(38)45)50-52-49(39-19-10-22-44-47(39)37-18-8-9-21-43(37)55-44)53-51(54-50)42-29-41-33-15-5-4-14-31(33)24-26-36(41)34-16-6-7-17-35(34)42/h1-29H. The van der Waals surface area contributed by atoms with Crippen molar-refractivity contribution in [2.45, 2.75) is 0 Å². The lowest BCUT2D eigenvalue weighted by molar-refractivity contribution is 0.668. The van der Waals surface area contributed by atoms with Gasteiger partial charge in [0.25, 0.3) is 0 Å². The van der Waals surface area contributed by atoms with Gasteiger partial charge in [0.1, 0.15) is 22.3 Å². The minimum atomic E-state index is 0.567. The van der Waals surface area contributed by atoms with Crippen LogP contribution in [0.15, 0.2) is 185 Å². The molecular formula is C51H29N3O2. The second-order valence-electron chi connectivity index (χ2n) is 14.3. The predicted octanol–water partition coefficient (Wildman–Crippen LogP) is 13.8. The summed E-state index contributed by atoms with van der Waals surface area (Å²) in [4.78, 5) is 16.1. The number of nitrogens with zero attached hydrogens (tertiary/aromatic N) is 3. The van der Waals surface area contributed by atoms with Crippen molar-refractivity contribution < 1.29 is 8.83 Å². The molecule has 0 N–H and O–H groups in total. The van der Waals surface area contributed by atoms with E-state index < -0.39 is 0 Å². The van der Waals surface area contributed by atoms with Crippen LogP contribution in [0.4, 0.5) is 0 Å². The third kappa shape index (κ3) is 4.64. The summed E-state index contributed by atoms with van der Waals surface area (Å²) in [6.45, 7) is 0. The fraction of sp³-hybridized carbons (Fsp3) is 0. The first kappa shape index (κ1) is 30.8. The van der Waals surface area contributed by atoms with Gasteiger partial charge in [-0.2, -0.15) is 0 Å². The third-order valence-electron chi connectivity index (χ3n) is 11.1. The van der Waals surface area contributed by atoms with Crippen LogP contribution in [0.2, 0.25) is 0 Å². The zero-order valence-electron chi connectivity index (χ0n) is 29.9. The molecular weight excluding hydrogens is 687 g/mol. The first-order valence-electron chi connectivity index (χ1n) is 18.8. The van der Waals surface area contributed by atoms with Gasteiger partial charge in [-0.05, 0) is 79.8 Å². The molecule has 0 bridgehead atoms. The topological polar surface area (TPSA) is 65.0 Å². The molecule has 9 aromatic carbocycles. The van der Waals surface area contributed by atoms with Crippen molar-refractivity contribution in [3.8, 4) is 45.3 Å². The van der Waals surface area contributed by atoms with E-state index in [0.29, 0.717) is 17.5 Å². The van der Waals surface area contributed by atoms with Crippen molar-refractivity contribution in [2.24, 2.45) is 0 Å². The van der Waals surface area contributed by atoms with Crippen molar-refractivity contribution in [3.05, 3.63) is 176 Å². The van der Waals surface area contributed by atoms with Crippen molar-refractivity contribution in [2.75, 3.05) is 0 Å². The Morgan fingerprint density at radius 2 is 0.821 bits per heavy atom. The molecule has 0 saturated carbocycles. The van der Waals surface area contributed by atoms with Crippen molar-refractivity contribution >= 4 is 76.2 Å². The molecule has 0 spiro atoms. The normalized spacial score (nSPS) is 11.9. The molecule has 56 heavy (non-hydrogen) atoms. The Hall–Kier alpha value is -7.63. The van der Waals surface area contributed by atoms with E-state index in [-0.39, 0.29) is 0 Å². The third-order valence-corrected chi connectivity index (χ3v) is 11.1. The van der Waals surface area contributed by atoms with Gasteiger partial charge in [0.05, 0.1) is 0 Å². The van der Waals surface area contributed by atoms with Crippen LogP contribution >= 0.6 is 0 Å². The van der Waals surface area contributed by atoms with Crippen LogP contribution in [0.1, 0.15) is 0 Å². The van der Waals surface area contributed by atoms with Crippen molar-refractivity contribution in [1.29, 1.82) is 0 Å². The number of benzene rings is 9. The van der Waals surface area contributed by atoms with E-state index in [2.05, 4.69) is 127 Å². The zero-order valence-corrected chi connectivity index (χ0v) is 29.9. The van der Waals surface area contributed by atoms with E-state index in [1.54, 1.807) is 0 Å². The number of furan rings is 2. The van der Waals surface area contributed by atoms with Crippen LogP contribution in [-0.4, -0.2) is 15.0 Å². The molecule has 0 aliphatic rings. The van der Waals surface area contributed by atoms with Gasteiger partial charge in [-0.1, -0.05) is 140 Å². The highest BCUT2D eigenvalue weighted by atomic mass is 16.3. The van der Waals surface area contributed by atoms with Crippen LogP contribution in [0, 0.1) is 0 Å². The summed E-state index contributed by atoms with van der Waals surface area (Å²) in [5, 5.41) is 10.9. The highest BCUT2D eigenvalue weighted by molar-refractivity contribution is 6.21. The molecule has 5 heteroatoms. The molecule has 0 unspecified atom stereocenters. The highest BCUT2D eigenvalue weighted by Gasteiger charge is 2.22. The van der Waals surface area contributed by atoms with Crippen LogP contribution in [0.5, 0.6) is 0 Å². The molecule has 0 aliphatic carbocycles. The van der Waals surface area contributed by atoms with Gasteiger partial charge < -0.3 is 8.83 Å². The number of rotatable bonds is 4. The van der Waals surface area contributed by atoms with Gasteiger partial charge in [-0.25, -0.2) is 15.0 Å². The average molecular weight is 716 g/mol. The van der Waals surface area contributed by atoms with Crippen molar-refractivity contribution in [3.63, 3.8) is 0 Å². The summed E-state index contributed by atoms with van der Waals surface area (Å²) < 4.78 is 12.9. The van der Waals surface area contributed by atoms with Gasteiger partial charge >= 0.3 is 0 Å². The Morgan fingerprint density at radius 1 is 0.286 bits per heavy atom. The average Bonchev–Trinajstić information content (AvgIpc) is 3.84. The monoisotopic (exact) mass is 715 g/mol. The summed E-state index contributed by atoms with van der Waals surface area (Å²) in [6, 6.07) is 60.9. The second-order valence-corrected chi connectivity index (χ2v) is 14.3. The van der Waals surface area contributed by atoms with E-state index in [1.165, 1.54) is 16.2 Å². The van der Waals surface area contributed by atoms with Crippen LogP contribution in [0.25, 0.3) is 121 Å². The van der Waals surface area contributed by atoms with Crippen LogP contribution in [-0.2, 0) is 0 Å². The summed E-state index contributed by atoms with van der Waals surface area (Å²) >= 11 is 0. The lowest BCUT2D eigenvalue weighted by Gasteiger charge is -2.14. The Morgan fingerprint density at radius 3 is 1.57 bits per heavy atom. The molecule has 0 atom stereocenters. The van der Waals surface area contributed by atoms with Gasteiger partial charge in [-0.15, -0.1) is 0 Å². The lowest BCUT2D eigenvalue weighted by atomic mass is 9.93. The molecule has 0 aliphatic heterocycles. The van der Waals surface area contributed by atoms with Gasteiger partial charge in [0.2, 0.25) is 0 Å². The minimum Gasteiger partial charge on any atom is -0.456 e. The minimum absolute atomic E-state index is 0.567. The maximum absolute atomic E-state index is 6.57. The first-order chi connectivity index (χ1) is 27.7. The summed E-state index contributed by atoms with van der Waals surface area (Å²) in [7, 11) is 0. The molecule has 0 amide bonds. The molecule has 3 heterocycles. The number of hydrogen-bond acceptors (Lipinski definition) is 5. The smallest absolute Gasteiger partial charge is 0.164 e. The fourth-order valence-corrected chi connectivity index (χ4v) is 8.57. The van der Waals surface area contributed by atoms with Gasteiger partial charge in [-0.3, -0.25) is 0 Å². The van der Waals surface area contributed by atoms with E-state index in [0.717, 1.165) is 87.9 Å². The largest absolute Gasteiger partial charge is 0.456 e. The molecule has 12 rings (SSSR count). The van der Waals surface area contributed by atoms with Crippen LogP contribution < -0.4 is 0 Å². The lowest BCUT2D eigenvalue weighted by Crippen LogP contribution is -2.01. The van der Waals surface area contributed by atoms with E-state index >= 15 is 0 Å². The summed E-state index contributed by atoms with van der Waals surface area (Å²) in [5.41, 5.74) is 8.12. The number of para-hydroxylation sites is 1. The molecule has 12 aromatic rings. The maximum atomic E-state index is 6.57. The van der Waals surface area contributed by atoms with Crippen molar-refractivity contribution in [1.82, 2.24) is 15.0 Å². The SMILES string of the molecule is c1ccc(-c2ccc3c(c2)oc2cccc(-c4nc(-c5cc6c7ccccc7ccc6c6ccccc56)nc(-c5cccc6oc7ccccc7c56)n4)c23)cc1. The molecule has 0 fully saturated rings. The quantitative estimate of drug-likeness (QED) is 0.170. The zero-order chi connectivity index (χ0) is 36.7. The predicted molar refractivity (Wildman–Crippen MR) is 229 cm³/mol. The first-order valence-corrected chi connectivity index (χ1v) is 18.8. The van der Waals surface area contributed by atoms with E-state index in [1.807, 2.05) is 48.5 Å². The molecule has 0 saturated heterocycles. The molecule has 0 radical (unpaired) electrons. The van der Waals surface area contributed by atoms with E-state index in [4.69, 9.17) is 23.8 Å². The fourth-order valence-electron chi connectivity index (χ4n) is 8.57. The molecule has 3 aromatic heterocycles. The summed E-state index contributed by atoms with van der Waals surface area (Å²) in [5.74, 6) is 1.73.